The number of carbonyl (C=O) groups is 2. The molecule has 116 valence electrons. The Labute approximate surface area is 121 Å². The predicted molar refractivity (Wildman–Crippen MR) is 73.9 cm³/mol. The van der Waals surface area contributed by atoms with Crippen molar-refractivity contribution in [1.82, 2.24) is 4.90 Å². The molecule has 0 fully saturated rings. The molecule has 21 heavy (non-hydrogen) atoms. The fourth-order valence-corrected chi connectivity index (χ4v) is 1.61. The molecule has 0 atom stereocenters. The van der Waals surface area contributed by atoms with Gasteiger partial charge in [-0.2, -0.15) is 0 Å². The zero-order valence-corrected chi connectivity index (χ0v) is 12.2. The van der Waals surface area contributed by atoms with Gasteiger partial charge in [-0.3, -0.25) is 4.79 Å². The number of nitrogens with zero attached hydrogens (tertiary/aromatic N) is 1. The third-order valence-electron chi connectivity index (χ3n) is 2.66. The van der Waals surface area contributed by atoms with Crippen LogP contribution in [0.4, 0.5) is 19.3 Å². The summed E-state index contributed by atoms with van der Waals surface area (Å²) in [4.78, 5) is 24.7. The van der Waals surface area contributed by atoms with E-state index in [1.807, 2.05) is 0 Å². The van der Waals surface area contributed by atoms with Crippen LogP contribution >= 0.6 is 0 Å². The van der Waals surface area contributed by atoms with E-state index in [4.69, 9.17) is 4.74 Å². The van der Waals surface area contributed by atoms with Gasteiger partial charge in [0.05, 0.1) is 12.3 Å². The van der Waals surface area contributed by atoms with Gasteiger partial charge in [0.2, 0.25) is 0 Å². The van der Waals surface area contributed by atoms with Gasteiger partial charge in [-0.1, -0.05) is 0 Å². The lowest BCUT2D eigenvalue weighted by Crippen LogP contribution is -2.43. The first-order valence-corrected chi connectivity index (χ1v) is 6.53. The Morgan fingerprint density at radius 2 is 2.00 bits per heavy atom. The average molecular weight is 300 g/mol. The maximum atomic E-state index is 13.5. The molecule has 0 bridgehead atoms. The van der Waals surface area contributed by atoms with Gasteiger partial charge in [0, 0.05) is 12.1 Å². The van der Waals surface area contributed by atoms with E-state index >= 15 is 0 Å². The van der Waals surface area contributed by atoms with Crippen LogP contribution in [-0.4, -0.2) is 36.1 Å². The van der Waals surface area contributed by atoms with Crippen LogP contribution in [0.5, 0.6) is 0 Å². The summed E-state index contributed by atoms with van der Waals surface area (Å²) in [6, 6.07) is 1.86. The molecule has 0 saturated heterocycles. The summed E-state index contributed by atoms with van der Waals surface area (Å²) in [6.45, 7) is 5.03. The van der Waals surface area contributed by atoms with Gasteiger partial charge < -0.3 is 15.0 Å². The summed E-state index contributed by atoms with van der Waals surface area (Å²) < 4.78 is 31.1. The lowest BCUT2D eigenvalue weighted by atomic mass is 10.3. The fraction of sp³-hybridized carbons (Fsp3) is 0.429. The monoisotopic (exact) mass is 300 g/mol. The molecule has 0 aromatic heterocycles. The summed E-state index contributed by atoms with van der Waals surface area (Å²) in [5.41, 5.74) is -0.157. The van der Waals surface area contributed by atoms with E-state index in [1.165, 1.54) is 4.90 Å². The van der Waals surface area contributed by atoms with Gasteiger partial charge in [0.15, 0.2) is 0 Å². The molecule has 0 radical (unpaired) electrons. The number of hydrogen-bond donors (Lipinski definition) is 1. The van der Waals surface area contributed by atoms with Crippen molar-refractivity contribution in [2.45, 2.75) is 26.8 Å². The number of halogens is 2. The van der Waals surface area contributed by atoms with Crippen LogP contribution in [0.15, 0.2) is 18.2 Å². The lowest BCUT2D eigenvalue weighted by Gasteiger charge is -2.26. The van der Waals surface area contributed by atoms with Crippen molar-refractivity contribution in [2.24, 2.45) is 0 Å². The Kier molecular flexibility index (Phi) is 6.08. The van der Waals surface area contributed by atoms with E-state index in [-0.39, 0.29) is 24.9 Å². The lowest BCUT2D eigenvalue weighted by molar-refractivity contribution is -0.144. The van der Waals surface area contributed by atoms with Crippen LogP contribution in [0.3, 0.4) is 0 Å². The predicted octanol–water partition coefficient (Wildman–Crippen LogP) is 2.77. The van der Waals surface area contributed by atoms with Crippen LogP contribution in [0.1, 0.15) is 20.8 Å². The molecule has 0 aliphatic rings. The zero-order chi connectivity index (χ0) is 16.0. The van der Waals surface area contributed by atoms with Gasteiger partial charge in [0.25, 0.3) is 0 Å². The average Bonchev–Trinajstić information content (AvgIpc) is 2.39. The fourth-order valence-electron chi connectivity index (χ4n) is 1.61. The van der Waals surface area contributed by atoms with Crippen molar-refractivity contribution < 1.29 is 23.1 Å². The Balaban J connectivity index is 2.79. The van der Waals surface area contributed by atoms with E-state index in [9.17, 15) is 18.4 Å². The second-order valence-corrected chi connectivity index (χ2v) is 4.58. The smallest absolute Gasteiger partial charge is 0.325 e. The van der Waals surface area contributed by atoms with Gasteiger partial charge >= 0.3 is 12.0 Å². The minimum absolute atomic E-state index is 0.157. The largest absolute Gasteiger partial charge is 0.465 e. The van der Waals surface area contributed by atoms with Crippen LogP contribution < -0.4 is 5.32 Å². The van der Waals surface area contributed by atoms with E-state index in [1.54, 1.807) is 20.8 Å². The molecule has 2 amide bonds. The first kappa shape index (κ1) is 16.9. The molecule has 0 unspecified atom stereocenters. The Bertz CT molecular complexity index is 521. The molecule has 1 aromatic rings. The van der Waals surface area contributed by atoms with Crippen molar-refractivity contribution in [1.29, 1.82) is 0 Å². The molecule has 7 heteroatoms. The van der Waals surface area contributed by atoms with E-state index in [2.05, 4.69) is 5.32 Å². The van der Waals surface area contributed by atoms with Crippen LogP contribution in [0, 0.1) is 11.6 Å². The molecule has 5 nitrogen and oxygen atoms in total. The number of carbonyl (C=O) groups excluding carboxylic acids is 2. The molecular formula is C14H18F2N2O3. The highest BCUT2D eigenvalue weighted by Gasteiger charge is 2.21. The first-order valence-electron chi connectivity index (χ1n) is 6.53. The van der Waals surface area contributed by atoms with Crippen molar-refractivity contribution in [2.75, 3.05) is 18.5 Å². The summed E-state index contributed by atoms with van der Waals surface area (Å²) >= 11 is 0. The molecule has 0 heterocycles. The highest BCUT2D eigenvalue weighted by molar-refractivity contribution is 5.91. The van der Waals surface area contributed by atoms with Crippen molar-refractivity contribution in [3.05, 3.63) is 29.8 Å². The van der Waals surface area contributed by atoms with Crippen molar-refractivity contribution >= 4 is 17.7 Å². The van der Waals surface area contributed by atoms with E-state index in [0.717, 1.165) is 12.1 Å². The number of esters is 1. The molecule has 1 rings (SSSR count). The number of anilines is 1. The number of urea groups is 1. The van der Waals surface area contributed by atoms with Crippen LogP contribution in [0.25, 0.3) is 0 Å². The molecule has 0 saturated carbocycles. The number of amides is 2. The summed E-state index contributed by atoms with van der Waals surface area (Å²) in [5.74, 6) is -2.18. The Hall–Kier alpha value is -2.18. The van der Waals surface area contributed by atoms with Crippen molar-refractivity contribution in [3.63, 3.8) is 0 Å². The third kappa shape index (κ3) is 5.02. The Morgan fingerprint density at radius 3 is 2.52 bits per heavy atom. The normalized spacial score (nSPS) is 10.4. The van der Waals surface area contributed by atoms with E-state index < -0.39 is 23.6 Å². The maximum Gasteiger partial charge on any atom is 0.325 e. The summed E-state index contributed by atoms with van der Waals surface area (Å²) in [6.07, 6.45) is 0. The van der Waals surface area contributed by atoms with Gasteiger partial charge in [-0.05, 0) is 32.9 Å². The molecular weight excluding hydrogens is 282 g/mol. The van der Waals surface area contributed by atoms with Gasteiger partial charge in [-0.25, -0.2) is 13.6 Å². The molecule has 0 aliphatic heterocycles. The standard InChI is InChI=1S/C14H18F2N2O3/c1-4-21-13(19)8-18(9(2)3)14(20)17-12-6-5-10(15)7-11(12)16/h5-7,9H,4,8H2,1-3H3,(H,17,20). The SMILES string of the molecule is CCOC(=O)CN(C(=O)Nc1ccc(F)cc1F)C(C)C. The third-order valence-corrected chi connectivity index (χ3v) is 2.66. The summed E-state index contributed by atoms with van der Waals surface area (Å²) in [7, 11) is 0. The van der Waals surface area contributed by atoms with Crippen LogP contribution in [-0.2, 0) is 9.53 Å². The first-order chi connectivity index (χ1) is 9.85. The zero-order valence-electron chi connectivity index (χ0n) is 12.2. The second-order valence-electron chi connectivity index (χ2n) is 4.58. The number of ether oxygens (including phenoxy) is 1. The van der Waals surface area contributed by atoms with E-state index in [0.29, 0.717) is 6.07 Å². The highest BCUT2D eigenvalue weighted by Crippen LogP contribution is 2.16. The van der Waals surface area contributed by atoms with Crippen molar-refractivity contribution in [3.8, 4) is 0 Å². The molecule has 1 N–H and O–H groups in total. The number of rotatable bonds is 5. The second kappa shape index (κ2) is 7.56. The minimum Gasteiger partial charge on any atom is -0.465 e. The number of nitrogens with one attached hydrogen (secondary N) is 1. The van der Waals surface area contributed by atoms with Crippen LogP contribution in [0.2, 0.25) is 0 Å². The maximum absolute atomic E-state index is 13.5. The Morgan fingerprint density at radius 1 is 1.33 bits per heavy atom. The van der Waals surface area contributed by atoms with Gasteiger partial charge in [0.1, 0.15) is 18.2 Å². The summed E-state index contributed by atoms with van der Waals surface area (Å²) in [5, 5.41) is 2.30. The molecule has 0 spiro atoms. The molecule has 0 aliphatic carbocycles. The van der Waals surface area contributed by atoms with Gasteiger partial charge in [-0.15, -0.1) is 0 Å². The quantitative estimate of drug-likeness (QED) is 0.851. The highest BCUT2D eigenvalue weighted by atomic mass is 19.1. The molecule has 1 aromatic carbocycles. The minimum atomic E-state index is -0.886. The number of hydrogen-bond acceptors (Lipinski definition) is 3. The number of benzene rings is 1. The topological polar surface area (TPSA) is 58.6 Å².